The maximum absolute atomic E-state index is 4.99. The van der Waals surface area contributed by atoms with E-state index in [0.717, 1.165) is 31.9 Å². The first-order chi connectivity index (χ1) is 8.81. The lowest BCUT2D eigenvalue weighted by Gasteiger charge is -2.33. The van der Waals surface area contributed by atoms with Crippen molar-refractivity contribution in [3.05, 3.63) is 12.4 Å². The van der Waals surface area contributed by atoms with Gasteiger partial charge in [0.15, 0.2) is 0 Å². The average molecular weight is 285 g/mol. The second-order valence-electron chi connectivity index (χ2n) is 5.35. The molecule has 1 aromatic rings. The fourth-order valence-corrected chi connectivity index (χ4v) is 3.10. The second kappa shape index (κ2) is 5.92. The molecule has 0 bridgehead atoms. The Morgan fingerprint density at radius 1 is 1.21 bits per heavy atom. The Labute approximate surface area is 120 Å². The van der Waals surface area contributed by atoms with Crippen molar-refractivity contribution >= 4 is 18.1 Å². The third-order valence-corrected chi connectivity index (χ3v) is 4.26. The lowest BCUT2D eigenvalue weighted by molar-refractivity contribution is 0.232. The van der Waals surface area contributed by atoms with E-state index < -0.39 is 0 Å². The van der Waals surface area contributed by atoms with Crippen LogP contribution in [0.3, 0.4) is 0 Å². The number of nitrogens with one attached hydrogen (secondary N) is 1. The molecule has 0 radical (unpaired) electrons. The third kappa shape index (κ3) is 2.92. The van der Waals surface area contributed by atoms with Gasteiger partial charge in [-0.1, -0.05) is 0 Å². The van der Waals surface area contributed by atoms with Gasteiger partial charge in [-0.15, -0.1) is 12.4 Å². The molecule has 19 heavy (non-hydrogen) atoms. The van der Waals surface area contributed by atoms with Crippen LogP contribution in [-0.4, -0.2) is 43.3 Å². The molecule has 3 rings (SSSR count). The predicted octanol–water partition coefficient (Wildman–Crippen LogP) is 1.49. The van der Waals surface area contributed by atoms with E-state index in [9.17, 15) is 0 Å². The molecule has 106 valence electrons. The largest absolute Gasteiger partial charge is 0.467 e. The number of nitrogens with zero attached hydrogens (tertiary/aromatic N) is 3. The number of halogens is 1. The standard InChI is InChI=1S/C13H20N4O.ClH/c1-18-12-15-8-11(9-16-12)17-7-4-13(10-17)2-5-14-6-3-13;/h8-9,14H,2-7,10H2,1H3;1H. The normalized spacial score (nSPS) is 21.2. The predicted molar refractivity (Wildman–Crippen MR) is 77.2 cm³/mol. The maximum Gasteiger partial charge on any atom is 0.316 e. The summed E-state index contributed by atoms with van der Waals surface area (Å²) >= 11 is 0. The number of rotatable bonds is 2. The van der Waals surface area contributed by atoms with E-state index in [2.05, 4.69) is 20.2 Å². The summed E-state index contributed by atoms with van der Waals surface area (Å²) in [4.78, 5) is 10.8. The van der Waals surface area contributed by atoms with Gasteiger partial charge in [0.25, 0.3) is 0 Å². The van der Waals surface area contributed by atoms with Crippen LogP contribution in [0, 0.1) is 5.41 Å². The Morgan fingerprint density at radius 2 is 1.89 bits per heavy atom. The molecule has 5 nitrogen and oxygen atoms in total. The van der Waals surface area contributed by atoms with Crippen LogP contribution in [0.5, 0.6) is 6.01 Å². The van der Waals surface area contributed by atoms with Crippen LogP contribution in [0.15, 0.2) is 12.4 Å². The van der Waals surface area contributed by atoms with Gasteiger partial charge in [-0.05, 0) is 37.8 Å². The zero-order valence-electron chi connectivity index (χ0n) is 11.3. The molecule has 2 aliphatic rings. The minimum atomic E-state index is 0. The molecule has 3 heterocycles. The zero-order chi connectivity index (χ0) is 12.4. The molecule has 1 aromatic heterocycles. The molecule has 1 N–H and O–H groups in total. The van der Waals surface area contributed by atoms with Crippen LogP contribution < -0.4 is 15.0 Å². The summed E-state index contributed by atoms with van der Waals surface area (Å²) < 4.78 is 4.99. The quantitative estimate of drug-likeness (QED) is 0.892. The molecular weight excluding hydrogens is 264 g/mol. The Balaban J connectivity index is 0.00000133. The van der Waals surface area contributed by atoms with Gasteiger partial charge in [-0.25, -0.2) is 9.97 Å². The molecule has 1 spiro atoms. The second-order valence-corrected chi connectivity index (χ2v) is 5.35. The number of hydrogen-bond donors (Lipinski definition) is 1. The smallest absolute Gasteiger partial charge is 0.316 e. The Hall–Kier alpha value is -1.07. The van der Waals surface area contributed by atoms with E-state index in [0.29, 0.717) is 11.4 Å². The molecule has 0 amide bonds. The first-order valence-corrected chi connectivity index (χ1v) is 6.63. The summed E-state index contributed by atoms with van der Waals surface area (Å²) in [5.41, 5.74) is 1.64. The first kappa shape index (κ1) is 14.3. The van der Waals surface area contributed by atoms with Crippen LogP contribution >= 0.6 is 12.4 Å². The number of anilines is 1. The highest BCUT2D eigenvalue weighted by Gasteiger charge is 2.38. The summed E-state index contributed by atoms with van der Waals surface area (Å²) in [7, 11) is 1.59. The Morgan fingerprint density at radius 3 is 2.53 bits per heavy atom. The fraction of sp³-hybridized carbons (Fsp3) is 0.692. The molecule has 2 saturated heterocycles. The van der Waals surface area contributed by atoms with Crippen LogP contribution in [0.1, 0.15) is 19.3 Å². The molecule has 0 unspecified atom stereocenters. The van der Waals surface area contributed by atoms with Crippen molar-refractivity contribution in [3.8, 4) is 6.01 Å². The van der Waals surface area contributed by atoms with E-state index in [4.69, 9.17) is 4.74 Å². The summed E-state index contributed by atoms with van der Waals surface area (Å²) in [5, 5.41) is 3.45. The Kier molecular flexibility index (Phi) is 4.47. The zero-order valence-corrected chi connectivity index (χ0v) is 12.1. The minimum Gasteiger partial charge on any atom is -0.467 e. The molecule has 0 aliphatic carbocycles. The summed E-state index contributed by atoms with van der Waals surface area (Å²) in [6.45, 7) is 4.58. The van der Waals surface area contributed by atoms with Gasteiger partial charge >= 0.3 is 6.01 Å². The van der Waals surface area contributed by atoms with Crippen molar-refractivity contribution < 1.29 is 4.74 Å². The summed E-state index contributed by atoms with van der Waals surface area (Å²) in [6, 6.07) is 0.439. The van der Waals surface area contributed by atoms with Crippen molar-refractivity contribution in [1.82, 2.24) is 15.3 Å². The molecule has 6 heteroatoms. The van der Waals surface area contributed by atoms with Gasteiger partial charge in [0.2, 0.25) is 0 Å². The highest BCUT2D eigenvalue weighted by molar-refractivity contribution is 5.85. The lowest BCUT2D eigenvalue weighted by atomic mass is 9.78. The van der Waals surface area contributed by atoms with Crippen molar-refractivity contribution in [1.29, 1.82) is 0 Å². The number of ether oxygens (including phenoxy) is 1. The van der Waals surface area contributed by atoms with E-state index in [1.165, 1.54) is 19.3 Å². The highest BCUT2D eigenvalue weighted by atomic mass is 35.5. The Bertz CT molecular complexity index is 406. The van der Waals surface area contributed by atoms with Gasteiger partial charge in [-0.3, -0.25) is 0 Å². The maximum atomic E-state index is 4.99. The third-order valence-electron chi connectivity index (χ3n) is 4.26. The summed E-state index contributed by atoms with van der Waals surface area (Å²) in [5.74, 6) is 0. The van der Waals surface area contributed by atoms with Crippen LogP contribution in [0.25, 0.3) is 0 Å². The topological polar surface area (TPSA) is 50.3 Å². The minimum absolute atomic E-state index is 0. The van der Waals surface area contributed by atoms with Crippen LogP contribution in [-0.2, 0) is 0 Å². The van der Waals surface area contributed by atoms with Crippen molar-refractivity contribution in [2.24, 2.45) is 5.41 Å². The fourth-order valence-electron chi connectivity index (χ4n) is 3.10. The van der Waals surface area contributed by atoms with Crippen molar-refractivity contribution in [2.45, 2.75) is 19.3 Å². The monoisotopic (exact) mass is 284 g/mol. The molecule has 2 aliphatic heterocycles. The average Bonchev–Trinajstić information content (AvgIpc) is 2.83. The van der Waals surface area contributed by atoms with Gasteiger partial charge in [-0.2, -0.15) is 0 Å². The number of hydrogen-bond acceptors (Lipinski definition) is 5. The summed E-state index contributed by atoms with van der Waals surface area (Å²) in [6.07, 6.45) is 7.61. The molecule has 0 atom stereocenters. The van der Waals surface area contributed by atoms with E-state index in [-0.39, 0.29) is 12.4 Å². The van der Waals surface area contributed by atoms with Crippen LogP contribution in [0.4, 0.5) is 5.69 Å². The van der Waals surface area contributed by atoms with E-state index in [1.54, 1.807) is 7.11 Å². The van der Waals surface area contributed by atoms with Gasteiger partial charge < -0.3 is 15.0 Å². The van der Waals surface area contributed by atoms with Gasteiger partial charge in [0, 0.05) is 13.1 Å². The SMILES string of the molecule is COc1ncc(N2CCC3(CCNCC3)C2)cn1.Cl. The molecule has 0 aromatic carbocycles. The lowest BCUT2D eigenvalue weighted by Crippen LogP contribution is -2.38. The van der Waals surface area contributed by atoms with Gasteiger partial charge in [0.1, 0.15) is 0 Å². The van der Waals surface area contributed by atoms with Gasteiger partial charge in [0.05, 0.1) is 25.2 Å². The number of piperidine rings is 1. The first-order valence-electron chi connectivity index (χ1n) is 6.63. The molecular formula is C13H21ClN4O. The van der Waals surface area contributed by atoms with E-state index in [1.807, 2.05) is 12.4 Å². The van der Waals surface area contributed by atoms with Crippen LogP contribution in [0.2, 0.25) is 0 Å². The highest BCUT2D eigenvalue weighted by Crippen LogP contribution is 2.40. The van der Waals surface area contributed by atoms with E-state index >= 15 is 0 Å². The number of aromatic nitrogens is 2. The molecule has 2 fully saturated rings. The number of methoxy groups -OCH3 is 1. The van der Waals surface area contributed by atoms with Crippen molar-refractivity contribution in [2.75, 3.05) is 38.2 Å². The van der Waals surface area contributed by atoms with Crippen molar-refractivity contribution in [3.63, 3.8) is 0 Å². The molecule has 0 saturated carbocycles.